The molecule has 2 heteroatoms. The van der Waals surface area contributed by atoms with Crippen LogP contribution >= 0.6 is 0 Å². The molecule has 0 saturated carbocycles. The molecule has 0 radical (unpaired) electrons. The second kappa shape index (κ2) is 3.26. The van der Waals surface area contributed by atoms with E-state index in [-0.39, 0.29) is 0 Å². The van der Waals surface area contributed by atoms with Gasteiger partial charge in [0.25, 0.3) is 0 Å². The zero-order valence-electron chi connectivity index (χ0n) is 8.15. The van der Waals surface area contributed by atoms with Crippen LogP contribution in [0, 0.1) is 0 Å². The van der Waals surface area contributed by atoms with Gasteiger partial charge in [0.15, 0.2) is 0 Å². The second-order valence-corrected chi connectivity index (χ2v) is 20.8. The zero-order chi connectivity index (χ0) is 8.41. The van der Waals surface area contributed by atoms with Crippen molar-refractivity contribution in [2.24, 2.45) is 0 Å². The Labute approximate surface area is 69.1 Å². The predicted octanol–water partition coefficient (Wildman–Crippen LogP) is 3.30. The van der Waals surface area contributed by atoms with Crippen LogP contribution in [0.4, 0.5) is 0 Å². The van der Waals surface area contributed by atoms with Crippen molar-refractivity contribution in [1.82, 2.24) is 0 Å². The standard InChI is InChI=1S/C8H20GeSi/c1-9(2,3)7-8-10(4,5)6/h7-8H,1-6H3/b8-7-. The Balaban J connectivity index is 4.01. The fourth-order valence-corrected chi connectivity index (χ4v) is 7.79. The third-order valence-corrected chi connectivity index (χ3v) is 5.40. The molecule has 0 atom stereocenters. The minimum absolute atomic E-state index is 0.901. The topological polar surface area (TPSA) is 0 Å². The SMILES string of the molecule is C[Si](C)(C)/C=[CH]\[Ge]([CH3])([CH3])[CH3]. The molecule has 10 heavy (non-hydrogen) atoms. The maximum atomic E-state index is 2.52. The Morgan fingerprint density at radius 2 is 1.40 bits per heavy atom. The Hall–Kier alpha value is 0.500. The van der Waals surface area contributed by atoms with Gasteiger partial charge < -0.3 is 0 Å². The molecule has 0 aliphatic carbocycles. The van der Waals surface area contributed by atoms with Crippen LogP contribution in [-0.4, -0.2) is 21.3 Å². The molecule has 0 aliphatic rings. The van der Waals surface area contributed by atoms with Gasteiger partial charge in [0.1, 0.15) is 0 Å². The summed E-state index contributed by atoms with van der Waals surface area (Å²) < 4.78 is 0. The summed E-state index contributed by atoms with van der Waals surface area (Å²) in [6, 6.07) is 0. The molecule has 60 valence electrons. The second-order valence-electron chi connectivity index (χ2n) is 5.07. The quantitative estimate of drug-likeness (QED) is 0.622. The number of hydrogen-bond acceptors (Lipinski definition) is 0. The van der Waals surface area contributed by atoms with Crippen LogP contribution in [0.5, 0.6) is 0 Å². The molecule has 0 saturated heterocycles. The summed E-state index contributed by atoms with van der Waals surface area (Å²) in [5.74, 6) is 7.28. The number of hydrogen-bond donors (Lipinski definition) is 0. The molecular weight excluding hydrogens is 197 g/mol. The van der Waals surface area contributed by atoms with Crippen molar-refractivity contribution in [1.29, 1.82) is 0 Å². The molecule has 0 aromatic carbocycles. The van der Waals surface area contributed by atoms with Crippen LogP contribution in [0.1, 0.15) is 0 Å². The maximum absolute atomic E-state index is 2.52. The molecule has 0 rings (SSSR count). The molecule has 0 aromatic heterocycles. The Bertz CT molecular complexity index is 109. The fraction of sp³-hybridized carbons (Fsp3) is 0.750. The molecule has 0 N–H and O–H groups in total. The summed E-state index contributed by atoms with van der Waals surface area (Å²) in [5, 5.41) is 0. The van der Waals surface area contributed by atoms with Crippen LogP contribution in [0.3, 0.4) is 0 Å². The molecule has 0 aliphatic heterocycles. The van der Waals surface area contributed by atoms with Crippen LogP contribution < -0.4 is 0 Å². The molecule has 0 bridgehead atoms. The summed E-state index contributed by atoms with van der Waals surface area (Å²) >= 11 is -1.36. The van der Waals surface area contributed by atoms with E-state index in [0.29, 0.717) is 0 Å². The van der Waals surface area contributed by atoms with Gasteiger partial charge in [-0.1, -0.05) is 0 Å². The van der Waals surface area contributed by atoms with Gasteiger partial charge in [-0.15, -0.1) is 0 Å². The first-order chi connectivity index (χ1) is 4.21. The average Bonchev–Trinajstić information content (AvgIpc) is 1.57. The van der Waals surface area contributed by atoms with E-state index in [9.17, 15) is 0 Å². The molecule has 0 spiro atoms. The molecular formula is C8H20GeSi. The van der Waals surface area contributed by atoms with Crippen molar-refractivity contribution >= 4 is 21.3 Å². The van der Waals surface area contributed by atoms with Gasteiger partial charge >= 0.3 is 68.9 Å². The normalized spacial score (nSPS) is 14.6. The molecule has 0 unspecified atom stereocenters. The third kappa shape index (κ3) is 8.50. The van der Waals surface area contributed by atoms with Crippen LogP contribution in [0.2, 0.25) is 36.9 Å². The van der Waals surface area contributed by atoms with Gasteiger partial charge in [-0.3, -0.25) is 0 Å². The van der Waals surface area contributed by atoms with Crippen molar-refractivity contribution in [3.63, 3.8) is 0 Å². The van der Waals surface area contributed by atoms with E-state index in [1.54, 1.807) is 0 Å². The van der Waals surface area contributed by atoms with Gasteiger partial charge in [0.05, 0.1) is 0 Å². The third-order valence-electron chi connectivity index (χ3n) is 1.08. The van der Waals surface area contributed by atoms with Gasteiger partial charge in [-0.25, -0.2) is 0 Å². The van der Waals surface area contributed by atoms with Gasteiger partial charge in [0.2, 0.25) is 0 Å². The van der Waals surface area contributed by atoms with E-state index in [4.69, 9.17) is 0 Å². The molecule has 0 fully saturated rings. The number of rotatable bonds is 2. The first-order valence-electron chi connectivity index (χ1n) is 3.91. The van der Waals surface area contributed by atoms with E-state index < -0.39 is 21.3 Å². The molecule has 0 heterocycles. The van der Waals surface area contributed by atoms with Crippen molar-refractivity contribution in [3.05, 3.63) is 10.6 Å². The Morgan fingerprint density at radius 1 is 1.00 bits per heavy atom. The van der Waals surface area contributed by atoms with Crippen LogP contribution in [-0.2, 0) is 0 Å². The molecule has 0 amide bonds. The van der Waals surface area contributed by atoms with E-state index in [0.717, 1.165) is 0 Å². The predicted molar refractivity (Wildman–Crippen MR) is 55.8 cm³/mol. The van der Waals surface area contributed by atoms with Crippen LogP contribution in [0.15, 0.2) is 10.6 Å². The summed E-state index contributed by atoms with van der Waals surface area (Å²) in [5.41, 5.74) is 2.49. The van der Waals surface area contributed by atoms with Gasteiger partial charge in [0, 0.05) is 0 Å². The minimum atomic E-state index is -1.36. The van der Waals surface area contributed by atoms with E-state index in [2.05, 4.69) is 47.5 Å². The summed E-state index contributed by atoms with van der Waals surface area (Å²) in [4.78, 5) is 2.52. The summed E-state index contributed by atoms with van der Waals surface area (Å²) in [6.07, 6.45) is 0. The Morgan fingerprint density at radius 3 is 1.50 bits per heavy atom. The van der Waals surface area contributed by atoms with Gasteiger partial charge in [-0.05, 0) is 0 Å². The van der Waals surface area contributed by atoms with E-state index in [1.807, 2.05) is 0 Å². The van der Waals surface area contributed by atoms with E-state index >= 15 is 0 Å². The van der Waals surface area contributed by atoms with Gasteiger partial charge in [-0.2, -0.15) is 0 Å². The first kappa shape index (κ1) is 10.5. The Kier molecular flexibility index (Phi) is 3.43. The molecule has 0 aromatic rings. The average molecular weight is 217 g/mol. The fourth-order valence-electron chi connectivity index (χ4n) is 0.500. The zero-order valence-corrected chi connectivity index (χ0v) is 11.3. The molecule has 0 nitrogen and oxygen atoms in total. The van der Waals surface area contributed by atoms with Crippen molar-refractivity contribution in [2.75, 3.05) is 0 Å². The summed E-state index contributed by atoms with van der Waals surface area (Å²) in [6.45, 7) is 7.16. The summed E-state index contributed by atoms with van der Waals surface area (Å²) in [7, 11) is -0.901. The van der Waals surface area contributed by atoms with Crippen molar-refractivity contribution < 1.29 is 0 Å². The van der Waals surface area contributed by atoms with Crippen LogP contribution in [0.25, 0.3) is 0 Å². The monoisotopic (exact) mass is 218 g/mol. The first-order valence-corrected chi connectivity index (χ1v) is 15.0. The van der Waals surface area contributed by atoms with E-state index in [1.165, 1.54) is 0 Å². The van der Waals surface area contributed by atoms with Crippen molar-refractivity contribution in [3.8, 4) is 0 Å². The van der Waals surface area contributed by atoms with Crippen molar-refractivity contribution in [2.45, 2.75) is 36.9 Å².